The highest BCUT2D eigenvalue weighted by atomic mass is 35.5. The molecule has 152 valence electrons. The zero-order chi connectivity index (χ0) is 21.0. The summed E-state index contributed by atoms with van der Waals surface area (Å²) in [7, 11) is 0. The second-order valence-electron chi connectivity index (χ2n) is 6.63. The number of aromatic nitrogens is 1. The summed E-state index contributed by atoms with van der Waals surface area (Å²) in [5, 5.41) is 5.53. The first kappa shape index (κ1) is 20.7. The van der Waals surface area contributed by atoms with E-state index in [9.17, 15) is 18.8 Å². The van der Waals surface area contributed by atoms with Crippen molar-refractivity contribution >= 4 is 40.8 Å². The van der Waals surface area contributed by atoms with E-state index in [0.717, 1.165) is 0 Å². The summed E-state index contributed by atoms with van der Waals surface area (Å²) in [5.41, 5.74) is 1.07. The second kappa shape index (κ2) is 9.00. The fourth-order valence-corrected chi connectivity index (χ4v) is 3.30. The van der Waals surface area contributed by atoms with Crippen molar-refractivity contribution < 1.29 is 18.8 Å². The number of anilines is 2. The molecule has 1 aromatic heterocycles. The molecule has 0 spiro atoms. The molecule has 0 aliphatic carbocycles. The van der Waals surface area contributed by atoms with Gasteiger partial charge in [0.1, 0.15) is 17.6 Å². The Morgan fingerprint density at radius 3 is 2.76 bits per heavy atom. The highest BCUT2D eigenvalue weighted by Gasteiger charge is 2.37. The first-order chi connectivity index (χ1) is 13.9. The van der Waals surface area contributed by atoms with Gasteiger partial charge in [-0.15, -0.1) is 0 Å². The number of nitrogens with zero attached hydrogens (tertiary/aromatic N) is 2. The monoisotopic (exact) mass is 418 g/mol. The molecule has 0 radical (unpaired) electrons. The Labute approximate surface area is 172 Å². The number of pyridine rings is 1. The molecule has 2 aromatic rings. The molecule has 0 saturated carbocycles. The standard InChI is InChI=1S/C20H20ClFN4O3/c1-2-18(27)25-17-4-3-15(11-23-17)26-6-5-16(20(26)29)19(28)24-10-12-7-13(21)9-14(22)8-12/h3-4,7-9,11,16H,2,5-6,10H2,1H3,(H,24,28)(H,23,25,27). The molecule has 1 fully saturated rings. The molecule has 7 nitrogen and oxygen atoms in total. The van der Waals surface area contributed by atoms with E-state index in [-0.39, 0.29) is 23.4 Å². The van der Waals surface area contributed by atoms with Gasteiger partial charge in [-0.1, -0.05) is 18.5 Å². The maximum Gasteiger partial charge on any atom is 0.239 e. The molecular weight excluding hydrogens is 399 g/mol. The van der Waals surface area contributed by atoms with E-state index in [1.807, 2.05) is 0 Å². The molecule has 2 N–H and O–H groups in total. The number of benzene rings is 1. The Hall–Kier alpha value is -3.00. The Kier molecular flexibility index (Phi) is 6.43. The van der Waals surface area contributed by atoms with Gasteiger partial charge in [-0.05, 0) is 42.3 Å². The minimum atomic E-state index is -0.821. The molecule has 29 heavy (non-hydrogen) atoms. The zero-order valence-electron chi connectivity index (χ0n) is 15.7. The number of carbonyl (C=O) groups excluding carboxylic acids is 3. The lowest BCUT2D eigenvalue weighted by atomic mass is 10.1. The van der Waals surface area contributed by atoms with Crippen molar-refractivity contribution in [3.63, 3.8) is 0 Å². The lowest BCUT2D eigenvalue weighted by molar-refractivity contribution is -0.132. The van der Waals surface area contributed by atoms with E-state index in [1.165, 1.54) is 23.2 Å². The van der Waals surface area contributed by atoms with Gasteiger partial charge in [0.15, 0.2) is 0 Å². The number of rotatable bonds is 6. The first-order valence-electron chi connectivity index (χ1n) is 9.17. The number of amides is 3. The molecule has 1 aliphatic rings. The highest BCUT2D eigenvalue weighted by molar-refractivity contribution is 6.30. The normalized spacial score (nSPS) is 16.0. The smallest absolute Gasteiger partial charge is 0.239 e. The SMILES string of the molecule is CCC(=O)Nc1ccc(N2CCC(C(=O)NCc3cc(F)cc(Cl)c3)C2=O)cn1. The lowest BCUT2D eigenvalue weighted by Gasteiger charge is -2.17. The van der Waals surface area contributed by atoms with Crippen molar-refractivity contribution in [1.82, 2.24) is 10.3 Å². The first-order valence-corrected chi connectivity index (χ1v) is 9.55. The summed E-state index contributed by atoms with van der Waals surface area (Å²) >= 11 is 5.81. The maximum atomic E-state index is 13.4. The molecule has 1 atom stereocenters. The Balaban J connectivity index is 1.60. The predicted octanol–water partition coefficient (Wildman–Crippen LogP) is 2.89. The van der Waals surface area contributed by atoms with Crippen LogP contribution in [0.3, 0.4) is 0 Å². The topological polar surface area (TPSA) is 91.4 Å². The molecular formula is C20H20ClFN4O3. The van der Waals surface area contributed by atoms with Crippen LogP contribution in [-0.2, 0) is 20.9 Å². The van der Waals surface area contributed by atoms with Crippen LogP contribution in [0.5, 0.6) is 0 Å². The van der Waals surface area contributed by atoms with Crippen molar-refractivity contribution in [3.05, 3.63) is 52.9 Å². The summed E-state index contributed by atoms with van der Waals surface area (Å²) in [6.45, 7) is 2.19. The molecule has 0 bridgehead atoms. The van der Waals surface area contributed by atoms with Gasteiger partial charge < -0.3 is 15.5 Å². The fourth-order valence-electron chi connectivity index (χ4n) is 3.06. The molecule has 9 heteroatoms. The van der Waals surface area contributed by atoms with Crippen LogP contribution in [0.15, 0.2) is 36.5 Å². The second-order valence-corrected chi connectivity index (χ2v) is 7.07. The molecule has 2 heterocycles. The molecule has 1 aliphatic heterocycles. The quantitative estimate of drug-likeness (QED) is 0.705. The fraction of sp³-hybridized carbons (Fsp3) is 0.300. The molecule has 1 unspecified atom stereocenters. The third-order valence-electron chi connectivity index (χ3n) is 4.56. The van der Waals surface area contributed by atoms with Gasteiger partial charge in [0.2, 0.25) is 17.7 Å². The minimum Gasteiger partial charge on any atom is -0.351 e. The van der Waals surface area contributed by atoms with E-state index in [0.29, 0.717) is 36.5 Å². The molecule has 3 amide bonds. The maximum absolute atomic E-state index is 13.4. The third kappa shape index (κ3) is 5.08. The van der Waals surface area contributed by atoms with Gasteiger partial charge in [-0.2, -0.15) is 0 Å². The number of halogens is 2. The lowest BCUT2D eigenvalue weighted by Crippen LogP contribution is -2.36. The Morgan fingerprint density at radius 2 is 2.10 bits per heavy atom. The van der Waals surface area contributed by atoms with Crippen LogP contribution < -0.4 is 15.5 Å². The number of nitrogens with one attached hydrogen (secondary N) is 2. The van der Waals surface area contributed by atoms with Gasteiger partial charge in [0.25, 0.3) is 0 Å². The molecule has 1 saturated heterocycles. The summed E-state index contributed by atoms with van der Waals surface area (Å²) in [6.07, 6.45) is 2.19. The van der Waals surface area contributed by atoms with Crippen LogP contribution >= 0.6 is 11.6 Å². The third-order valence-corrected chi connectivity index (χ3v) is 4.78. The van der Waals surface area contributed by atoms with Crippen LogP contribution in [0.4, 0.5) is 15.9 Å². The van der Waals surface area contributed by atoms with Gasteiger partial charge in [0, 0.05) is 24.5 Å². The van der Waals surface area contributed by atoms with Crippen molar-refractivity contribution in [2.45, 2.75) is 26.3 Å². The average molecular weight is 419 g/mol. The van der Waals surface area contributed by atoms with Crippen LogP contribution in [0.1, 0.15) is 25.3 Å². The number of hydrogen-bond acceptors (Lipinski definition) is 4. The summed E-state index contributed by atoms with van der Waals surface area (Å²) in [6, 6.07) is 7.29. The summed E-state index contributed by atoms with van der Waals surface area (Å²) in [4.78, 5) is 42.1. The Bertz CT molecular complexity index is 916. The van der Waals surface area contributed by atoms with Crippen LogP contribution in [0, 0.1) is 11.7 Å². The number of carbonyl (C=O) groups is 3. The van der Waals surface area contributed by atoms with Gasteiger partial charge in [0.05, 0.1) is 11.9 Å². The predicted molar refractivity (Wildman–Crippen MR) is 107 cm³/mol. The van der Waals surface area contributed by atoms with Crippen molar-refractivity contribution in [1.29, 1.82) is 0 Å². The van der Waals surface area contributed by atoms with E-state index >= 15 is 0 Å². The highest BCUT2D eigenvalue weighted by Crippen LogP contribution is 2.26. The van der Waals surface area contributed by atoms with Crippen LogP contribution in [0.25, 0.3) is 0 Å². The minimum absolute atomic E-state index is 0.0769. The van der Waals surface area contributed by atoms with Crippen LogP contribution in [0.2, 0.25) is 5.02 Å². The summed E-state index contributed by atoms with van der Waals surface area (Å²) in [5.74, 6) is -1.81. The van der Waals surface area contributed by atoms with E-state index in [4.69, 9.17) is 11.6 Å². The summed E-state index contributed by atoms with van der Waals surface area (Å²) < 4.78 is 13.4. The van der Waals surface area contributed by atoms with Gasteiger partial charge in [-0.25, -0.2) is 9.37 Å². The van der Waals surface area contributed by atoms with Gasteiger partial charge >= 0.3 is 0 Å². The number of hydrogen-bond donors (Lipinski definition) is 2. The molecule has 3 rings (SSSR count). The van der Waals surface area contributed by atoms with Crippen LogP contribution in [-0.4, -0.2) is 29.3 Å². The van der Waals surface area contributed by atoms with Crippen molar-refractivity contribution in [3.8, 4) is 0 Å². The van der Waals surface area contributed by atoms with Gasteiger partial charge in [-0.3, -0.25) is 14.4 Å². The molecule has 1 aromatic carbocycles. The van der Waals surface area contributed by atoms with Crippen molar-refractivity contribution in [2.24, 2.45) is 5.92 Å². The average Bonchev–Trinajstić information content (AvgIpc) is 3.07. The van der Waals surface area contributed by atoms with E-state index in [2.05, 4.69) is 15.6 Å². The zero-order valence-corrected chi connectivity index (χ0v) is 16.5. The Morgan fingerprint density at radius 1 is 1.31 bits per heavy atom. The van der Waals surface area contributed by atoms with Crippen molar-refractivity contribution in [2.75, 3.05) is 16.8 Å². The largest absolute Gasteiger partial charge is 0.351 e. The van der Waals surface area contributed by atoms with E-state index < -0.39 is 17.6 Å². The van der Waals surface area contributed by atoms with E-state index in [1.54, 1.807) is 25.1 Å².